The van der Waals surface area contributed by atoms with Crippen molar-refractivity contribution in [2.75, 3.05) is 20.4 Å². The first-order valence-electron chi connectivity index (χ1n) is 7.70. The minimum absolute atomic E-state index is 0.0539. The molecule has 5 rings (SSSR count). The molecule has 1 saturated heterocycles. The maximum Gasteiger partial charge on any atom is 0.231 e. The summed E-state index contributed by atoms with van der Waals surface area (Å²) in [5, 5.41) is 0. The Kier molecular flexibility index (Phi) is 2.50. The first-order valence-corrected chi connectivity index (χ1v) is 7.70. The molecular weight excluding hydrogens is 282 g/mol. The molecule has 1 fully saturated rings. The zero-order chi connectivity index (χ0) is 14.8. The topological polar surface area (TPSA) is 48.0 Å². The highest BCUT2D eigenvalue weighted by Gasteiger charge is 2.49. The molecule has 3 atom stereocenters. The summed E-state index contributed by atoms with van der Waals surface area (Å²) < 4.78 is 16.6. The minimum Gasteiger partial charge on any atom is -0.454 e. The van der Waals surface area contributed by atoms with Crippen molar-refractivity contribution >= 4 is 5.78 Å². The Balaban J connectivity index is 1.71. The lowest BCUT2D eigenvalue weighted by molar-refractivity contribution is -0.127. The molecular formula is C17H17NO4. The fraction of sp³-hybridized carbons (Fsp3) is 0.471. The second-order valence-electron chi connectivity index (χ2n) is 6.37. The van der Waals surface area contributed by atoms with Crippen molar-refractivity contribution in [1.29, 1.82) is 0 Å². The molecule has 0 N–H and O–H groups in total. The zero-order valence-corrected chi connectivity index (χ0v) is 12.4. The van der Waals surface area contributed by atoms with Crippen molar-refractivity contribution in [3.05, 3.63) is 34.9 Å². The molecule has 114 valence electrons. The van der Waals surface area contributed by atoms with E-state index in [2.05, 4.69) is 17.0 Å². The smallest absolute Gasteiger partial charge is 0.231 e. The molecule has 1 aromatic rings. The van der Waals surface area contributed by atoms with Gasteiger partial charge in [-0.05, 0) is 41.3 Å². The van der Waals surface area contributed by atoms with E-state index in [9.17, 15) is 4.79 Å². The van der Waals surface area contributed by atoms with E-state index in [-0.39, 0.29) is 24.5 Å². The Hall–Kier alpha value is -1.85. The van der Waals surface area contributed by atoms with Crippen molar-refractivity contribution in [2.24, 2.45) is 0 Å². The second kappa shape index (κ2) is 4.33. The molecule has 0 radical (unpaired) electrons. The number of methoxy groups -OCH3 is 1. The Morgan fingerprint density at radius 1 is 1.27 bits per heavy atom. The van der Waals surface area contributed by atoms with E-state index in [4.69, 9.17) is 14.2 Å². The maximum atomic E-state index is 12.4. The summed E-state index contributed by atoms with van der Waals surface area (Å²) in [6.45, 7) is 2.17. The summed E-state index contributed by atoms with van der Waals surface area (Å²) in [7, 11) is 1.63. The van der Waals surface area contributed by atoms with Gasteiger partial charge >= 0.3 is 0 Å². The van der Waals surface area contributed by atoms with Crippen LogP contribution in [0.4, 0.5) is 0 Å². The summed E-state index contributed by atoms with van der Waals surface area (Å²) in [4.78, 5) is 14.9. The normalized spacial score (nSPS) is 31.8. The number of ketones is 1. The van der Waals surface area contributed by atoms with E-state index in [0.717, 1.165) is 31.0 Å². The molecule has 1 aliphatic carbocycles. The number of hydrogen-bond acceptors (Lipinski definition) is 5. The van der Waals surface area contributed by atoms with Crippen LogP contribution < -0.4 is 9.47 Å². The number of carbonyl (C=O) groups is 1. The monoisotopic (exact) mass is 299 g/mol. The average molecular weight is 299 g/mol. The fourth-order valence-corrected chi connectivity index (χ4v) is 4.46. The standard InChI is InChI=1S/C17H17NO4/c1-20-17-12(19)4-9-2-3-18-7-10-5-13-14(22-8-21-13)6-11(10)15(17)16(9)18/h4-6,15-17H,2-3,7-8H2,1H3/t15-,16?,17+/m0/s1. The lowest BCUT2D eigenvalue weighted by Crippen LogP contribution is -2.49. The number of ether oxygens (including phenoxy) is 3. The number of nitrogens with zero attached hydrogens (tertiary/aromatic N) is 1. The third-order valence-corrected chi connectivity index (χ3v) is 5.36. The Bertz CT molecular complexity index is 711. The van der Waals surface area contributed by atoms with Crippen LogP contribution in [-0.2, 0) is 16.1 Å². The molecule has 4 aliphatic rings. The fourth-order valence-electron chi connectivity index (χ4n) is 4.46. The summed E-state index contributed by atoms with van der Waals surface area (Å²) in [5.74, 6) is 1.73. The van der Waals surface area contributed by atoms with E-state index < -0.39 is 6.10 Å². The first-order chi connectivity index (χ1) is 10.8. The highest BCUT2D eigenvalue weighted by Crippen LogP contribution is 2.49. The van der Waals surface area contributed by atoms with Crippen LogP contribution in [0.15, 0.2) is 23.8 Å². The van der Waals surface area contributed by atoms with Gasteiger partial charge in [-0.25, -0.2) is 0 Å². The van der Waals surface area contributed by atoms with Crippen LogP contribution in [0, 0.1) is 0 Å². The largest absolute Gasteiger partial charge is 0.454 e. The molecule has 0 bridgehead atoms. The van der Waals surface area contributed by atoms with Gasteiger partial charge in [0.1, 0.15) is 6.10 Å². The van der Waals surface area contributed by atoms with Gasteiger partial charge in [0, 0.05) is 32.2 Å². The number of benzene rings is 1. The minimum atomic E-state index is -0.409. The van der Waals surface area contributed by atoms with Gasteiger partial charge in [0.05, 0.1) is 0 Å². The predicted molar refractivity (Wildman–Crippen MR) is 78.0 cm³/mol. The third kappa shape index (κ3) is 1.53. The summed E-state index contributed by atoms with van der Waals surface area (Å²) >= 11 is 0. The van der Waals surface area contributed by atoms with Crippen LogP contribution in [0.25, 0.3) is 0 Å². The van der Waals surface area contributed by atoms with E-state index in [1.54, 1.807) is 7.11 Å². The molecule has 0 spiro atoms. The van der Waals surface area contributed by atoms with Crippen molar-refractivity contribution in [1.82, 2.24) is 4.90 Å². The van der Waals surface area contributed by atoms with Gasteiger partial charge < -0.3 is 14.2 Å². The molecule has 22 heavy (non-hydrogen) atoms. The van der Waals surface area contributed by atoms with Crippen LogP contribution in [-0.4, -0.2) is 43.3 Å². The van der Waals surface area contributed by atoms with Crippen LogP contribution in [0.2, 0.25) is 0 Å². The number of hydrogen-bond donors (Lipinski definition) is 0. The van der Waals surface area contributed by atoms with Crippen LogP contribution in [0.5, 0.6) is 11.5 Å². The van der Waals surface area contributed by atoms with Gasteiger partial charge in [0.2, 0.25) is 6.79 Å². The van der Waals surface area contributed by atoms with Crippen molar-refractivity contribution in [2.45, 2.75) is 31.0 Å². The van der Waals surface area contributed by atoms with E-state index in [1.165, 1.54) is 16.7 Å². The molecule has 3 heterocycles. The van der Waals surface area contributed by atoms with E-state index in [1.807, 2.05) is 6.08 Å². The van der Waals surface area contributed by atoms with Gasteiger partial charge in [-0.15, -0.1) is 0 Å². The molecule has 0 saturated carbocycles. The van der Waals surface area contributed by atoms with Gasteiger partial charge in [0.25, 0.3) is 0 Å². The highest BCUT2D eigenvalue weighted by atomic mass is 16.7. The van der Waals surface area contributed by atoms with E-state index in [0.29, 0.717) is 0 Å². The Morgan fingerprint density at radius 3 is 2.91 bits per heavy atom. The average Bonchev–Trinajstić information content (AvgIpc) is 3.12. The van der Waals surface area contributed by atoms with Crippen LogP contribution in [0.3, 0.4) is 0 Å². The third-order valence-electron chi connectivity index (χ3n) is 5.36. The second-order valence-corrected chi connectivity index (χ2v) is 6.37. The molecule has 5 nitrogen and oxygen atoms in total. The molecule has 0 aromatic heterocycles. The molecule has 0 amide bonds. The number of rotatable bonds is 1. The van der Waals surface area contributed by atoms with Crippen LogP contribution in [0.1, 0.15) is 23.5 Å². The van der Waals surface area contributed by atoms with Crippen molar-refractivity contribution in [3.63, 3.8) is 0 Å². The lowest BCUT2D eigenvalue weighted by atomic mass is 9.73. The van der Waals surface area contributed by atoms with E-state index >= 15 is 0 Å². The molecule has 3 aliphatic heterocycles. The van der Waals surface area contributed by atoms with Crippen molar-refractivity contribution in [3.8, 4) is 11.5 Å². The summed E-state index contributed by atoms with van der Waals surface area (Å²) in [6.07, 6.45) is 2.38. The molecule has 1 aromatic carbocycles. The quantitative estimate of drug-likeness (QED) is 0.788. The molecule has 5 heteroatoms. The Morgan fingerprint density at radius 2 is 2.09 bits per heavy atom. The van der Waals surface area contributed by atoms with Gasteiger partial charge in [-0.2, -0.15) is 0 Å². The number of carbonyl (C=O) groups excluding carboxylic acids is 1. The number of fused-ring (bicyclic) bond motifs is 3. The maximum absolute atomic E-state index is 12.4. The first kappa shape index (κ1) is 12.7. The van der Waals surface area contributed by atoms with Crippen LogP contribution >= 0.6 is 0 Å². The van der Waals surface area contributed by atoms with Gasteiger partial charge in [-0.1, -0.05) is 0 Å². The van der Waals surface area contributed by atoms with Crippen molar-refractivity contribution < 1.29 is 19.0 Å². The van der Waals surface area contributed by atoms with Gasteiger partial charge in [0.15, 0.2) is 17.3 Å². The zero-order valence-electron chi connectivity index (χ0n) is 12.4. The lowest BCUT2D eigenvalue weighted by Gasteiger charge is -2.43. The van der Waals surface area contributed by atoms with Gasteiger partial charge in [-0.3, -0.25) is 9.69 Å². The summed E-state index contributed by atoms with van der Waals surface area (Å²) in [6, 6.07) is 4.41. The summed E-state index contributed by atoms with van der Waals surface area (Å²) in [5.41, 5.74) is 3.66. The highest BCUT2D eigenvalue weighted by molar-refractivity contribution is 5.97. The predicted octanol–water partition coefficient (Wildman–Crippen LogP) is 1.61. The SMILES string of the molecule is CO[C@@H]1C(=O)C=C2CCN3Cc4cc5c(cc4[C@H]1C23)OCO5. The molecule has 1 unspecified atom stereocenters. The Labute approximate surface area is 128 Å².